The molecule has 194 valence electrons. The highest BCUT2D eigenvalue weighted by atomic mass is 32.2. The Balaban J connectivity index is 0.000000133. The van der Waals surface area contributed by atoms with Crippen molar-refractivity contribution in [3.8, 4) is 0 Å². The molecule has 0 saturated carbocycles. The van der Waals surface area contributed by atoms with Crippen molar-refractivity contribution in [3.63, 3.8) is 0 Å². The first-order valence-corrected chi connectivity index (χ1v) is 14.2. The number of nitrogens with one attached hydrogen (secondary N) is 2. The van der Waals surface area contributed by atoms with Crippen molar-refractivity contribution in [1.29, 1.82) is 0 Å². The van der Waals surface area contributed by atoms with Crippen molar-refractivity contribution in [2.75, 3.05) is 0 Å². The zero-order chi connectivity index (χ0) is 27.2. The van der Waals surface area contributed by atoms with E-state index < -0.39 is 31.8 Å². The second kappa shape index (κ2) is 11.3. The number of hydrogen-bond donors (Lipinski definition) is 0. The molecule has 2 N–H and O–H groups in total. The van der Waals surface area contributed by atoms with Crippen LogP contribution in [-0.2, 0) is 32.9 Å². The minimum Gasteiger partial charge on any atom is -0.858 e. The Kier molecular flexibility index (Phi) is 7.93. The van der Waals surface area contributed by atoms with Crippen molar-refractivity contribution < 1.29 is 37.0 Å². The molecule has 4 aromatic rings. The third-order valence-electron chi connectivity index (χ3n) is 5.47. The lowest BCUT2D eigenvalue weighted by molar-refractivity contribution is -0.378. The number of nitrogens with zero attached hydrogens (tertiary/aromatic N) is 2. The molecule has 2 aromatic carbocycles. The number of aromatic nitrogens is 2. The molecule has 0 amide bonds. The summed E-state index contributed by atoms with van der Waals surface area (Å²) in [6.07, 6.45) is 10.1. The van der Waals surface area contributed by atoms with Crippen molar-refractivity contribution >= 4 is 31.8 Å². The highest BCUT2D eigenvalue weighted by Crippen LogP contribution is 2.24. The normalized spacial score (nSPS) is 15.4. The first kappa shape index (κ1) is 26.6. The molecule has 0 bridgehead atoms. The van der Waals surface area contributed by atoms with Crippen LogP contribution in [0.15, 0.2) is 116 Å². The average Bonchev–Trinajstić information content (AvgIpc) is 3.31. The summed E-state index contributed by atoms with van der Waals surface area (Å²) in [4.78, 5) is 6.07. The van der Waals surface area contributed by atoms with Gasteiger partial charge in [0.2, 0.25) is 0 Å². The molecule has 38 heavy (non-hydrogen) atoms. The summed E-state index contributed by atoms with van der Waals surface area (Å²) in [6, 6.07) is 20.5. The van der Waals surface area contributed by atoms with E-state index >= 15 is 0 Å². The monoisotopic (exact) mass is 550 g/mol. The highest BCUT2D eigenvalue weighted by Gasteiger charge is 2.23. The molecule has 2 aliphatic heterocycles. The lowest BCUT2D eigenvalue weighted by Crippen LogP contribution is -2.15. The van der Waals surface area contributed by atoms with Gasteiger partial charge in [-0.3, -0.25) is 0 Å². The van der Waals surface area contributed by atoms with Gasteiger partial charge in [-0.15, -0.1) is 0 Å². The molecule has 0 unspecified atom stereocenters. The number of rotatable bonds is 3. The van der Waals surface area contributed by atoms with E-state index in [1.54, 1.807) is 24.3 Å². The zero-order valence-corrected chi connectivity index (χ0v) is 21.4. The van der Waals surface area contributed by atoms with Gasteiger partial charge in [-0.05, 0) is 36.1 Å². The fraction of sp³-hybridized carbons (Fsp3) is 0.0769. The van der Waals surface area contributed by atoms with E-state index in [2.05, 4.69) is 43.0 Å². The molecule has 4 heterocycles. The number of aryl methyl sites for hydroxylation is 2. The Bertz CT molecular complexity index is 1580. The van der Waals surface area contributed by atoms with Crippen LogP contribution in [0.5, 0.6) is 0 Å². The molecule has 2 aliphatic rings. The summed E-state index contributed by atoms with van der Waals surface area (Å²) in [6.45, 7) is 0. The number of H-pyrrole nitrogens is 2. The Morgan fingerprint density at radius 2 is 0.895 bits per heavy atom. The molecule has 0 spiro atoms. The first-order chi connectivity index (χ1) is 18.2. The maximum absolute atomic E-state index is 11.1. The van der Waals surface area contributed by atoms with Crippen molar-refractivity contribution in [2.24, 2.45) is 8.80 Å². The predicted octanol–water partition coefficient (Wildman–Crippen LogP) is 0.0916. The lowest BCUT2D eigenvalue weighted by Gasteiger charge is -2.01. The second-order valence-corrected chi connectivity index (χ2v) is 11.2. The number of benzene rings is 2. The van der Waals surface area contributed by atoms with Crippen LogP contribution in [0.1, 0.15) is 22.3 Å². The molecular weight excluding hydrogens is 528 g/mol. The maximum atomic E-state index is 11.1. The fourth-order valence-electron chi connectivity index (χ4n) is 3.62. The lowest BCUT2D eigenvalue weighted by atomic mass is 10.1. The van der Waals surface area contributed by atoms with Gasteiger partial charge in [-0.2, -0.15) is 25.6 Å². The molecule has 2 aromatic heterocycles. The van der Waals surface area contributed by atoms with Crippen LogP contribution in [-0.4, -0.2) is 28.6 Å². The minimum absolute atomic E-state index is 0.00926. The van der Waals surface area contributed by atoms with Crippen LogP contribution in [0, 0.1) is 0 Å². The van der Waals surface area contributed by atoms with E-state index in [9.17, 15) is 27.0 Å². The Morgan fingerprint density at radius 3 is 1.24 bits per heavy atom. The fourth-order valence-corrected chi connectivity index (χ4v) is 5.81. The van der Waals surface area contributed by atoms with Gasteiger partial charge in [0.1, 0.15) is 0 Å². The molecule has 6 rings (SSSR count). The van der Waals surface area contributed by atoms with E-state index in [0.717, 1.165) is 12.8 Å². The first-order valence-electron chi connectivity index (χ1n) is 11.3. The van der Waals surface area contributed by atoms with E-state index in [-0.39, 0.29) is 20.9 Å². The number of aromatic amines is 2. The second-order valence-electron chi connectivity index (χ2n) is 8.05. The standard InChI is InChI=1S/C12H12N2.2C7H5NO3S/c1(11-3-7-13-8-4-11)2-12-5-9-14-10-6-12;2*9-7-5-3-1-2-4-6(5)12(10,11)8-7/h3-10H,1-2H2;2*1-4H,(H,8,9). The SMILES string of the molecule is O=S1(=O)N=C([O-])c2ccccc21.O=S1(=O)N=C([O-])c2ccccc21.c1cc(CCc2cc[nH+]cc2)cc[nH+]1. The van der Waals surface area contributed by atoms with Crippen LogP contribution in [0.25, 0.3) is 0 Å². The zero-order valence-electron chi connectivity index (χ0n) is 19.8. The highest BCUT2D eigenvalue weighted by molar-refractivity contribution is 7.91. The van der Waals surface area contributed by atoms with Gasteiger partial charge < -0.3 is 10.2 Å². The van der Waals surface area contributed by atoms with Crippen LogP contribution < -0.4 is 20.2 Å². The third-order valence-corrected chi connectivity index (χ3v) is 8.11. The summed E-state index contributed by atoms with van der Waals surface area (Å²) in [5.74, 6) is -1.35. The Hall–Kier alpha value is -4.42. The van der Waals surface area contributed by atoms with Gasteiger partial charge in [0.25, 0.3) is 20.0 Å². The van der Waals surface area contributed by atoms with Gasteiger partial charge in [-0.1, -0.05) is 36.4 Å². The summed E-state index contributed by atoms with van der Waals surface area (Å²) < 4.78 is 50.3. The van der Waals surface area contributed by atoms with Gasteiger partial charge in [0, 0.05) is 47.2 Å². The van der Waals surface area contributed by atoms with Crippen molar-refractivity contribution in [1.82, 2.24) is 0 Å². The predicted molar refractivity (Wildman–Crippen MR) is 134 cm³/mol. The molecule has 0 radical (unpaired) electrons. The van der Waals surface area contributed by atoms with E-state index in [1.165, 1.54) is 35.4 Å². The van der Waals surface area contributed by atoms with Crippen LogP contribution >= 0.6 is 0 Å². The summed E-state index contributed by atoms with van der Waals surface area (Å²) >= 11 is 0. The Morgan fingerprint density at radius 1 is 0.553 bits per heavy atom. The van der Waals surface area contributed by atoms with Crippen LogP contribution in [0.4, 0.5) is 0 Å². The minimum atomic E-state index is -3.68. The molecule has 0 aliphatic carbocycles. The third kappa shape index (κ3) is 6.28. The van der Waals surface area contributed by atoms with Gasteiger partial charge in [-0.25, -0.2) is 9.97 Å². The van der Waals surface area contributed by atoms with Crippen molar-refractivity contribution in [3.05, 3.63) is 120 Å². The number of pyridine rings is 2. The van der Waals surface area contributed by atoms with Crippen LogP contribution in [0.2, 0.25) is 0 Å². The van der Waals surface area contributed by atoms with Crippen molar-refractivity contribution in [2.45, 2.75) is 22.6 Å². The summed E-state index contributed by atoms with van der Waals surface area (Å²) in [5.41, 5.74) is 3.07. The topological polar surface area (TPSA) is 167 Å². The quantitative estimate of drug-likeness (QED) is 0.350. The largest absolute Gasteiger partial charge is 0.858 e. The maximum Gasteiger partial charge on any atom is 0.282 e. The number of sulfonamides is 2. The molecule has 0 atom stereocenters. The molecule has 0 saturated heterocycles. The molecule has 10 nitrogen and oxygen atoms in total. The Labute approximate surface area is 219 Å². The summed E-state index contributed by atoms with van der Waals surface area (Å²) in [5, 5.41) is 21.9. The molecule has 12 heteroatoms. The van der Waals surface area contributed by atoms with Gasteiger partial charge in [0.15, 0.2) is 24.8 Å². The summed E-state index contributed by atoms with van der Waals surface area (Å²) in [7, 11) is -7.36. The smallest absolute Gasteiger partial charge is 0.282 e. The number of fused-ring (bicyclic) bond motifs is 2. The molecular formula is C26H22N4O6S2. The molecule has 0 fully saturated rings. The van der Waals surface area contributed by atoms with Crippen LogP contribution in [0.3, 0.4) is 0 Å². The van der Waals surface area contributed by atoms with Gasteiger partial charge in [0.05, 0.1) is 9.79 Å². The van der Waals surface area contributed by atoms with Gasteiger partial charge >= 0.3 is 0 Å². The number of hydrogen-bond acceptors (Lipinski definition) is 6. The van der Waals surface area contributed by atoms with E-state index in [1.807, 2.05) is 24.8 Å². The average molecular weight is 551 g/mol. The van der Waals surface area contributed by atoms with E-state index in [4.69, 9.17) is 0 Å². The van der Waals surface area contributed by atoms with E-state index in [0.29, 0.717) is 0 Å².